The predicted octanol–water partition coefficient (Wildman–Crippen LogP) is 4.71. The smallest absolute Gasteiger partial charge is 0.424 e. The third-order valence-corrected chi connectivity index (χ3v) is 6.75. The second kappa shape index (κ2) is 10.7. The van der Waals surface area contributed by atoms with Crippen molar-refractivity contribution >= 4 is 17.4 Å². The average Bonchev–Trinajstić information content (AvgIpc) is 3.42. The van der Waals surface area contributed by atoms with Crippen molar-refractivity contribution in [1.82, 2.24) is 9.55 Å². The molecule has 0 unspecified atom stereocenters. The van der Waals surface area contributed by atoms with Gasteiger partial charge in [-0.25, -0.2) is 4.79 Å². The van der Waals surface area contributed by atoms with Crippen molar-refractivity contribution in [2.45, 2.75) is 58.0 Å². The van der Waals surface area contributed by atoms with E-state index in [1.54, 1.807) is 0 Å². The molecule has 174 valence electrons. The third kappa shape index (κ3) is 5.82. The maximum atomic E-state index is 12.4. The molecule has 4 rings (SSSR count). The number of ether oxygens (including phenoxy) is 2. The van der Waals surface area contributed by atoms with E-state index in [4.69, 9.17) is 9.47 Å². The minimum Gasteiger partial charge on any atom is -0.493 e. The largest absolute Gasteiger partial charge is 0.493 e. The zero-order chi connectivity index (χ0) is 23.2. The van der Waals surface area contributed by atoms with Crippen LogP contribution in [0.25, 0.3) is 0 Å². The van der Waals surface area contributed by atoms with Gasteiger partial charge in [-0.05, 0) is 61.4 Å². The quantitative estimate of drug-likeness (QED) is 0.515. The van der Waals surface area contributed by atoms with Crippen LogP contribution in [-0.4, -0.2) is 33.5 Å². The van der Waals surface area contributed by atoms with E-state index in [1.807, 2.05) is 36.5 Å². The molecule has 1 fully saturated rings. The van der Waals surface area contributed by atoms with Crippen molar-refractivity contribution in [3.05, 3.63) is 74.0 Å². The molecule has 1 saturated carbocycles. The van der Waals surface area contributed by atoms with E-state index >= 15 is 0 Å². The maximum Gasteiger partial charge on any atom is 0.424 e. The molecule has 0 radical (unpaired) electrons. The average molecular weight is 469 g/mol. The first-order valence-corrected chi connectivity index (χ1v) is 12.2. The molecule has 0 amide bonds. The molecule has 1 aliphatic carbocycles. The molecule has 0 bridgehead atoms. The summed E-state index contributed by atoms with van der Waals surface area (Å²) >= 11 is 0.859. The van der Waals surface area contributed by atoms with Crippen LogP contribution in [0.4, 0.5) is 4.79 Å². The fourth-order valence-corrected chi connectivity index (χ4v) is 4.74. The summed E-state index contributed by atoms with van der Waals surface area (Å²) in [5.74, 6) is 0.397. The number of aryl methyl sites for hydroxylation is 1. The van der Waals surface area contributed by atoms with Gasteiger partial charge < -0.3 is 14.6 Å². The summed E-state index contributed by atoms with van der Waals surface area (Å²) in [6.45, 7) is 2.62. The topological polar surface area (TPSA) is 90.7 Å². The standard InChI is InChI=1S/C25H28N2O5S/c1-2-17-7-10-19(26-16-17)13-14-31-20-11-8-18(9-12-20)15-22-23(28)27(25(30)33-22)24(29)32-21-5-3-4-6-21/h7-12,16,21,28H,2-6,13-15H2,1H3. The van der Waals surface area contributed by atoms with E-state index in [1.165, 1.54) is 5.56 Å². The normalized spacial score (nSPS) is 13.8. The lowest BCUT2D eigenvalue weighted by molar-refractivity contribution is 0.0999. The second-order valence-corrected chi connectivity index (χ2v) is 9.22. The van der Waals surface area contributed by atoms with Crippen molar-refractivity contribution in [3.8, 4) is 11.6 Å². The Morgan fingerprint density at radius 2 is 1.88 bits per heavy atom. The number of nitrogens with zero attached hydrogens (tertiary/aromatic N) is 2. The summed E-state index contributed by atoms with van der Waals surface area (Å²) in [6, 6.07) is 11.6. The highest BCUT2D eigenvalue weighted by Gasteiger charge is 2.25. The number of carbonyl (C=O) groups is 1. The Hall–Kier alpha value is -3.13. The van der Waals surface area contributed by atoms with Gasteiger partial charge in [0, 0.05) is 24.7 Å². The van der Waals surface area contributed by atoms with Crippen molar-refractivity contribution in [2.75, 3.05) is 6.61 Å². The second-order valence-electron chi connectivity index (χ2n) is 8.17. The Labute approximate surface area is 196 Å². The van der Waals surface area contributed by atoms with E-state index in [2.05, 4.69) is 18.0 Å². The minimum absolute atomic E-state index is 0.175. The van der Waals surface area contributed by atoms with Gasteiger partial charge in [0.1, 0.15) is 11.9 Å². The first-order valence-electron chi connectivity index (χ1n) is 11.3. The summed E-state index contributed by atoms with van der Waals surface area (Å²) in [6.07, 6.45) is 6.58. The third-order valence-electron chi connectivity index (χ3n) is 5.82. The summed E-state index contributed by atoms with van der Waals surface area (Å²) < 4.78 is 11.9. The van der Waals surface area contributed by atoms with Crippen molar-refractivity contribution < 1.29 is 19.4 Å². The van der Waals surface area contributed by atoms with E-state index in [0.717, 1.165) is 71.4 Å². The van der Waals surface area contributed by atoms with Crippen molar-refractivity contribution in [2.24, 2.45) is 0 Å². The molecular formula is C25H28N2O5S. The Kier molecular flexibility index (Phi) is 7.44. The summed E-state index contributed by atoms with van der Waals surface area (Å²) in [5.41, 5.74) is 3.10. The number of hydrogen-bond acceptors (Lipinski definition) is 7. The van der Waals surface area contributed by atoms with E-state index in [-0.39, 0.29) is 12.0 Å². The highest BCUT2D eigenvalue weighted by atomic mass is 32.1. The van der Waals surface area contributed by atoms with Crippen LogP contribution >= 0.6 is 11.3 Å². The molecule has 0 atom stereocenters. The summed E-state index contributed by atoms with van der Waals surface area (Å²) in [5, 5.41) is 10.5. The first kappa shape index (κ1) is 23.0. The van der Waals surface area contributed by atoms with Gasteiger partial charge in [-0.15, -0.1) is 0 Å². The van der Waals surface area contributed by atoms with Gasteiger partial charge in [-0.2, -0.15) is 4.57 Å². The van der Waals surface area contributed by atoms with Gasteiger partial charge in [0.15, 0.2) is 0 Å². The number of aromatic nitrogens is 2. The Morgan fingerprint density at radius 1 is 1.15 bits per heavy atom. The van der Waals surface area contributed by atoms with Crippen LogP contribution in [0.15, 0.2) is 47.4 Å². The van der Waals surface area contributed by atoms with Gasteiger partial charge in [0.25, 0.3) is 0 Å². The first-order chi connectivity index (χ1) is 16.0. The lowest BCUT2D eigenvalue weighted by Gasteiger charge is -2.11. The van der Waals surface area contributed by atoms with Crippen LogP contribution < -0.4 is 9.61 Å². The van der Waals surface area contributed by atoms with Gasteiger partial charge in [-0.3, -0.25) is 9.78 Å². The molecular weight excluding hydrogens is 440 g/mol. The van der Waals surface area contributed by atoms with Gasteiger partial charge in [0.05, 0.1) is 11.5 Å². The molecule has 0 saturated heterocycles. The summed E-state index contributed by atoms with van der Waals surface area (Å²) in [4.78, 5) is 29.0. The van der Waals surface area contributed by atoms with Crippen LogP contribution in [0.3, 0.4) is 0 Å². The van der Waals surface area contributed by atoms with Crippen molar-refractivity contribution in [1.29, 1.82) is 0 Å². The highest BCUT2D eigenvalue weighted by molar-refractivity contribution is 7.09. The SMILES string of the molecule is CCc1ccc(CCOc2ccc(Cc3sc(=O)n(C(=O)OC4CCCC4)c3O)cc2)nc1. The lowest BCUT2D eigenvalue weighted by atomic mass is 10.1. The fourth-order valence-electron chi connectivity index (χ4n) is 3.86. The van der Waals surface area contributed by atoms with Gasteiger partial charge in [-0.1, -0.05) is 36.5 Å². The molecule has 1 aromatic carbocycles. The lowest BCUT2D eigenvalue weighted by Crippen LogP contribution is -2.26. The van der Waals surface area contributed by atoms with Crippen LogP contribution in [0, 0.1) is 0 Å². The molecule has 2 heterocycles. The zero-order valence-corrected chi connectivity index (χ0v) is 19.5. The van der Waals surface area contributed by atoms with E-state index in [0.29, 0.717) is 17.9 Å². The number of pyridine rings is 1. The number of rotatable bonds is 8. The molecule has 33 heavy (non-hydrogen) atoms. The molecule has 1 N–H and O–H groups in total. The molecule has 0 spiro atoms. The van der Waals surface area contributed by atoms with Gasteiger partial charge >= 0.3 is 11.0 Å². The number of aromatic hydroxyl groups is 1. The minimum atomic E-state index is -0.797. The van der Waals surface area contributed by atoms with Crippen molar-refractivity contribution in [3.63, 3.8) is 0 Å². The van der Waals surface area contributed by atoms with E-state index < -0.39 is 11.0 Å². The predicted molar refractivity (Wildman–Crippen MR) is 126 cm³/mol. The summed E-state index contributed by atoms with van der Waals surface area (Å²) in [7, 11) is 0. The number of hydrogen-bond donors (Lipinski definition) is 1. The molecule has 7 nitrogen and oxygen atoms in total. The molecule has 3 aromatic rings. The number of carbonyl (C=O) groups excluding carboxylic acids is 1. The molecule has 0 aliphatic heterocycles. The molecule has 2 aromatic heterocycles. The molecule has 8 heteroatoms. The maximum absolute atomic E-state index is 12.4. The zero-order valence-electron chi connectivity index (χ0n) is 18.7. The number of thiazole rings is 1. The van der Waals surface area contributed by atoms with Gasteiger partial charge in [0.2, 0.25) is 5.88 Å². The Bertz CT molecular complexity index is 1130. The Balaban J connectivity index is 1.32. The number of benzene rings is 1. The van der Waals surface area contributed by atoms with Crippen LogP contribution in [0.5, 0.6) is 11.6 Å². The van der Waals surface area contributed by atoms with Crippen LogP contribution in [-0.2, 0) is 24.0 Å². The fraction of sp³-hybridized carbons (Fsp3) is 0.400. The molecule has 1 aliphatic rings. The highest BCUT2D eigenvalue weighted by Crippen LogP contribution is 2.26. The Morgan fingerprint density at radius 3 is 2.55 bits per heavy atom. The van der Waals surface area contributed by atoms with Crippen LogP contribution in [0.1, 0.15) is 54.3 Å². The van der Waals surface area contributed by atoms with Crippen LogP contribution in [0.2, 0.25) is 0 Å². The monoisotopic (exact) mass is 468 g/mol. The van der Waals surface area contributed by atoms with E-state index in [9.17, 15) is 14.7 Å².